The van der Waals surface area contributed by atoms with E-state index in [1.807, 2.05) is 38.1 Å². The summed E-state index contributed by atoms with van der Waals surface area (Å²) in [7, 11) is 0. The third kappa shape index (κ3) is 3.38. The number of carbonyl (C=O) groups excluding carboxylic acids is 1. The number of aryl methyl sites for hydroxylation is 2. The van der Waals surface area contributed by atoms with Gasteiger partial charge in [0.15, 0.2) is 11.5 Å². The van der Waals surface area contributed by atoms with E-state index < -0.39 is 5.60 Å². The third-order valence-electron chi connectivity index (χ3n) is 5.07. The van der Waals surface area contributed by atoms with E-state index >= 15 is 0 Å². The number of furan rings is 1. The van der Waals surface area contributed by atoms with Crippen molar-refractivity contribution in [2.75, 3.05) is 13.1 Å². The van der Waals surface area contributed by atoms with Crippen LogP contribution in [0.4, 0.5) is 0 Å². The van der Waals surface area contributed by atoms with Crippen molar-refractivity contribution < 1.29 is 14.3 Å². The predicted octanol–water partition coefficient (Wildman–Crippen LogP) is 2.81. The van der Waals surface area contributed by atoms with Crippen LogP contribution in [0.5, 0.6) is 0 Å². The maximum Gasteiger partial charge on any atom is 0.274 e. The zero-order chi connectivity index (χ0) is 19.0. The van der Waals surface area contributed by atoms with Gasteiger partial charge in [-0.3, -0.25) is 14.9 Å². The lowest BCUT2D eigenvalue weighted by atomic mass is 9.87. The fraction of sp³-hybridized carbons (Fsp3) is 0.350. The summed E-state index contributed by atoms with van der Waals surface area (Å²) < 4.78 is 5.56. The first-order valence-corrected chi connectivity index (χ1v) is 9.02. The summed E-state index contributed by atoms with van der Waals surface area (Å²) in [4.78, 5) is 18.8. The maximum absolute atomic E-state index is 12.8. The van der Waals surface area contributed by atoms with Gasteiger partial charge in [0, 0.05) is 25.4 Å². The lowest BCUT2D eigenvalue weighted by molar-refractivity contribution is -0.0245. The second-order valence-corrected chi connectivity index (χ2v) is 7.12. The number of pyridine rings is 1. The summed E-state index contributed by atoms with van der Waals surface area (Å²) >= 11 is 0. The summed E-state index contributed by atoms with van der Waals surface area (Å²) in [6.45, 7) is 4.73. The molecule has 4 heterocycles. The quantitative estimate of drug-likeness (QED) is 0.743. The molecule has 0 radical (unpaired) electrons. The predicted molar refractivity (Wildman–Crippen MR) is 99.0 cm³/mol. The van der Waals surface area contributed by atoms with Crippen LogP contribution < -0.4 is 0 Å². The average Bonchev–Trinajstić information content (AvgIpc) is 3.31. The third-order valence-corrected chi connectivity index (χ3v) is 5.07. The average molecular weight is 366 g/mol. The van der Waals surface area contributed by atoms with Gasteiger partial charge in [-0.1, -0.05) is 6.07 Å². The molecule has 7 heteroatoms. The molecule has 2 N–H and O–H groups in total. The molecule has 27 heavy (non-hydrogen) atoms. The largest absolute Gasteiger partial charge is 0.460 e. The second kappa shape index (κ2) is 6.66. The first kappa shape index (κ1) is 17.5. The van der Waals surface area contributed by atoms with Crippen LogP contribution in [0, 0.1) is 13.8 Å². The summed E-state index contributed by atoms with van der Waals surface area (Å²) in [6, 6.07) is 9.20. The smallest absolute Gasteiger partial charge is 0.274 e. The highest BCUT2D eigenvalue weighted by Crippen LogP contribution is 2.32. The first-order chi connectivity index (χ1) is 12.9. The number of hydrogen-bond acceptors (Lipinski definition) is 5. The van der Waals surface area contributed by atoms with Crippen molar-refractivity contribution in [1.82, 2.24) is 20.1 Å². The van der Waals surface area contributed by atoms with Crippen molar-refractivity contribution >= 4 is 5.91 Å². The Labute approximate surface area is 157 Å². The Balaban J connectivity index is 1.44. The lowest BCUT2D eigenvalue weighted by Gasteiger charge is -2.37. The Morgan fingerprint density at radius 3 is 2.63 bits per heavy atom. The molecule has 140 valence electrons. The number of amides is 1. The number of piperidine rings is 1. The van der Waals surface area contributed by atoms with Crippen LogP contribution in [-0.2, 0) is 5.60 Å². The molecule has 1 fully saturated rings. The number of nitrogens with one attached hydrogen (secondary N) is 1. The number of aromatic amines is 1. The van der Waals surface area contributed by atoms with Crippen molar-refractivity contribution in [3.8, 4) is 11.5 Å². The van der Waals surface area contributed by atoms with E-state index in [1.54, 1.807) is 17.2 Å². The molecule has 1 saturated heterocycles. The van der Waals surface area contributed by atoms with Crippen LogP contribution in [0.3, 0.4) is 0 Å². The van der Waals surface area contributed by atoms with Gasteiger partial charge < -0.3 is 14.4 Å². The molecule has 7 nitrogen and oxygen atoms in total. The maximum atomic E-state index is 12.8. The molecule has 0 bridgehead atoms. The first-order valence-electron chi connectivity index (χ1n) is 9.02. The fourth-order valence-electron chi connectivity index (χ4n) is 3.38. The van der Waals surface area contributed by atoms with Crippen molar-refractivity contribution in [3.05, 3.63) is 59.2 Å². The molecular formula is C20H22N4O3. The highest BCUT2D eigenvalue weighted by Gasteiger charge is 2.37. The van der Waals surface area contributed by atoms with Gasteiger partial charge in [-0.05, 0) is 50.5 Å². The van der Waals surface area contributed by atoms with E-state index in [0.29, 0.717) is 48.8 Å². The Morgan fingerprint density at radius 1 is 1.22 bits per heavy atom. The molecule has 0 atom stereocenters. The van der Waals surface area contributed by atoms with Crippen LogP contribution >= 0.6 is 0 Å². The molecule has 4 rings (SSSR count). The normalized spacial score (nSPS) is 16.5. The van der Waals surface area contributed by atoms with E-state index in [4.69, 9.17) is 4.42 Å². The minimum absolute atomic E-state index is 0.153. The summed E-state index contributed by atoms with van der Waals surface area (Å²) in [5.74, 6) is 1.30. The highest BCUT2D eigenvalue weighted by molar-refractivity contribution is 5.93. The summed E-state index contributed by atoms with van der Waals surface area (Å²) in [6.07, 6.45) is 2.65. The van der Waals surface area contributed by atoms with Crippen LogP contribution in [0.15, 0.2) is 40.9 Å². The Kier molecular flexibility index (Phi) is 4.31. The Morgan fingerprint density at radius 2 is 2.00 bits per heavy atom. The molecule has 0 unspecified atom stereocenters. The van der Waals surface area contributed by atoms with Gasteiger partial charge in [0.1, 0.15) is 17.1 Å². The van der Waals surface area contributed by atoms with Gasteiger partial charge in [0.25, 0.3) is 5.91 Å². The van der Waals surface area contributed by atoms with Gasteiger partial charge in [-0.25, -0.2) is 0 Å². The number of nitrogens with zero attached hydrogens (tertiary/aromatic N) is 3. The summed E-state index contributed by atoms with van der Waals surface area (Å²) in [5, 5.41) is 17.9. The molecule has 1 aliphatic heterocycles. The van der Waals surface area contributed by atoms with Gasteiger partial charge >= 0.3 is 0 Å². The Bertz CT molecular complexity index is 950. The highest BCUT2D eigenvalue weighted by atomic mass is 16.3. The van der Waals surface area contributed by atoms with Gasteiger partial charge in [-0.2, -0.15) is 5.10 Å². The van der Waals surface area contributed by atoms with Crippen molar-refractivity contribution in [2.45, 2.75) is 32.3 Å². The van der Waals surface area contributed by atoms with Gasteiger partial charge in [-0.15, -0.1) is 0 Å². The van der Waals surface area contributed by atoms with Crippen molar-refractivity contribution in [2.24, 2.45) is 0 Å². The Hall–Kier alpha value is -2.93. The molecule has 0 aliphatic carbocycles. The van der Waals surface area contributed by atoms with Crippen molar-refractivity contribution in [3.63, 3.8) is 0 Å². The summed E-state index contributed by atoms with van der Waals surface area (Å²) in [5.41, 5.74) is 1.74. The van der Waals surface area contributed by atoms with Crippen LogP contribution in [-0.4, -0.2) is 44.2 Å². The molecular weight excluding hydrogens is 344 g/mol. The van der Waals surface area contributed by atoms with Gasteiger partial charge in [0.05, 0.1) is 5.69 Å². The van der Waals surface area contributed by atoms with E-state index in [0.717, 1.165) is 11.3 Å². The number of likely N-dealkylation sites (tertiary alicyclic amines) is 1. The molecule has 1 amide bonds. The fourth-order valence-corrected chi connectivity index (χ4v) is 3.38. The van der Waals surface area contributed by atoms with Crippen molar-refractivity contribution in [1.29, 1.82) is 0 Å². The number of carbonyl (C=O) groups is 1. The molecule has 1 aliphatic rings. The van der Waals surface area contributed by atoms with E-state index in [2.05, 4.69) is 15.2 Å². The minimum Gasteiger partial charge on any atom is -0.460 e. The topological polar surface area (TPSA) is 95.2 Å². The lowest BCUT2D eigenvalue weighted by Crippen LogP contribution is -2.45. The zero-order valence-corrected chi connectivity index (χ0v) is 15.4. The number of H-pyrrole nitrogens is 1. The molecule has 3 aromatic heterocycles. The molecule has 0 aromatic carbocycles. The number of rotatable bonds is 3. The molecule has 3 aromatic rings. The van der Waals surface area contributed by atoms with E-state index in [1.165, 1.54) is 0 Å². The molecule has 0 saturated carbocycles. The van der Waals surface area contributed by atoms with Gasteiger partial charge in [0.2, 0.25) is 0 Å². The zero-order valence-electron chi connectivity index (χ0n) is 15.4. The monoisotopic (exact) mass is 366 g/mol. The van der Waals surface area contributed by atoms with E-state index in [-0.39, 0.29) is 5.91 Å². The minimum atomic E-state index is -0.993. The van der Waals surface area contributed by atoms with Crippen LogP contribution in [0.1, 0.15) is 40.3 Å². The standard InChI is InChI=1S/C20H22N4O3/c1-13-3-6-18(21-12-13)20(26)7-9-24(10-8-20)19(25)16-11-15(22-23-16)17-5-4-14(2)27-17/h3-6,11-12,26H,7-10H2,1-2H3,(H,22,23). The second-order valence-electron chi connectivity index (χ2n) is 7.12. The SMILES string of the molecule is Cc1ccc(C2(O)CCN(C(=O)c3cc(-c4ccc(C)o4)[nH]n3)CC2)nc1. The number of aliphatic hydroxyl groups is 1. The van der Waals surface area contributed by atoms with Crippen LogP contribution in [0.25, 0.3) is 11.5 Å². The molecule has 0 spiro atoms. The number of aromatic nitrogens is 3. The van der Waals surface area contributed by atoms with Crippen LogP contribution in [0.2, 0.25) is 0 Å². The van der Waals surface area contributed by atoms with E-state index in [9.17, 15) is 9.90 Å². The number of hydrogen-bond donors (Lipinski definition) is 2.